The molecule has 2 saturated heterocycles. The zero-order valence-electron chi connectivity index (χ0n) is 12.8. The van der Waals surface area contributed by atoms with Crippen LogP contribution in [0.4, 0.5) is 11.4 Å². The molecule has 3 N–H and O–H groups in total. The molecule has 0 amide bonds. The third kappa shape index (κ3) is 2.63. The predicted octanol–water partition coefficient (Wildman–Crippen LogP) is 1.80. The van der Waals surface area contributed by atoms with Gasteiger partial charge >= 0.3 is 0 Å². The Labute approximate surface area is 146 Å². The van der Waals surface area contributed by atoms with Gasteiger partial charge in [0.15, 0.2) is 14.9 Å². The lowest BCUT2D eigenvalue weighted by Gasteiger charge is -2.23. The molecule has 0 spiro atoms. The molecular weight excluding hydrogens is 342 g/mol. The van der Waals surface area contributed by atoms with E-state index >= 15 is 0 Å². The first-order valence-corrected chi connectivity index (χ1v) is 9.92. The summed E-state index contributed by atoms with van der Waals surface area (Å²) in [6.45, 7) is 0. The van der Waals surface area contributed by atoms with Crippen molar-refractivity contribution in [3.05, 3.63) is 48.5 Å². The highest BCUT2D eigenvalue weighted by atomic mass is 32.2. The van der Waals surface area contributed by atoms with E-state index in [4.69, 9.17) is 18.0 Å². The van der Waals surface area contributed by atoms with Crippen molar-refractivity contribution in [1.82, 2.24) is 5.32 Å². The van der Waals surface area contributed by atoms with E-state index in [1.54, 1.807) is 0 Å². The molecule has 2 aliphatic rings. The molecule has 0 aromatic heterocycles. The molecule has 2 fully saturated rings. The van der Waals surface area contributed by atoms with E-state index in [-0.39, 0.29) is 23.6 Å². The minimum atomic E-state index is -3.00. The molecule has 0 bridgehead atoms. The van der Waals surface area contributed by atoms with E-state index in [1.807, 2.05) is 53.4 Å². The molecule has 4 rings (SSSR count). The van der Waals surface area contributed by atoms with Crippen molar-refractivity contribution >= 4 is 38.5 Å². The van der Waals surface area contributed by atoms with Gasteiger partial charge in [0.1, 0.15) is 0 Å². The normalized spacial score (nSPS) is 24.7. The van der Waals surface area contributed by atoms with Crippen LogP contribution in [0.5, 0.6) is 0 Å². The first-order valence-electron chi connectivity index (χ1n) is 7.69. The minimum Gasteiger partial charge on any atom is -0.399 e. The van der Waals surface area contributed by atoms with Crippen LogP contribution in [0.3, 0.4) is 0 Å². The van der Waals surface area contributed by atoms with E-state index in [0.29, 0.717) is 5.11 Å². The maximum atomic E-state index is 11.9. The predicted molar refractivity (Wildman–Crippen MR) is 101 cm³/mol. The van der Waals surface area contributed by atoms with Gasteiger partial charge in [0.2, 0.25) is 0 Å². The molecule has 7 heteroatoms. The minimum absolute atomic E-state index is 0.112. The first-order chi connectivity index (χ1) is 11.4. The number of rotatable bonds is 2. The molecular formula is C17H17N3O2S2. The Hall–Kier alpha value is -2.12. The van der Waals surface area contributed by atoms with Crippen LogP contribution in [0.25, 0.3) is 11.1 Å². The van der Waals surface area contributed by atoms with E-state index < -0.39 is 9.84 Å². The van der Waals surface area contributed by atoms with Crippen molar-refractivity contribution in [2.24, 2.45) is 0 Å². The average Bonchev–Trinajstić information content (AvgIpc) is 2.98. The SMILES string of the molecule is Nc1ccc(-c2ccc(N3C(=S)N[C@H]4CS(=O)(=O)C[C@H]43)cc2)cc1. The number of thiocarbonyl (C=S) groups is 1. The van der Waals surface area contributed by atoms with Crippen LogP contribution in [0.1, 0.15) is 0 Å². The van der Waals surface area contributed by atoms with Crippen LogP contribution in [-0.2, 0) is 9.84 Å². The monoisotopic (exact) mass is 359 g/mol. The summed E-state index contributed by atoms with van der Waals surface area (Å²) in [6.07, 6.45) is 0. The number of fused-ring (bicyclic) bond motifs is 1. The highest BCUT2D eigenvalue weighted by molar-refractivity contribution is 7.91. The van der Waals surface area contributed by atoms with E-state index in [0.717, 1.165) is 22.5 Å². The summed E-state index contributed by atoms with van der Waals surface area (Å²) in [4.78, 5) is 1.93. The molecule has 2 aliphatic heterocycles. The van der Waals surface area contributed by atoms with Crippen molar-refractivity contribution in [1.29, 1.82) is 0 Å². The van der Waals surface area contributed by atoms with Gasteiger partial charge in [0.05, 0.1) is 23.6 Å². The largest absolute Gasteiger partial charge is 0.399 e. The number of sulfone groups is 1. The molecule has 124 valence electrons. The molecule has 0 radical (unpaired) electrons. The van der Waals surface area contributed by atoms with E-state index in [2.05, 4.69) is 5.32 Å². The Morgan fingerprint density at radius 1 is 1.00 bits per heavy atom. The number of hydrogen-bond donors (Lipinski definition) is 2. The Kier molecular flexibility index (Phi) is 3.51. The Morgan fingerprint density at radius 2 is 1.58 bits per heavy atom. The van der Waals surface area contributed by atoms with Gasteiger partial charge in [-0.3, -0.25) is 0 Å². The summed E-state index contributed by atoms with van der Waals surface area (Å²) in [5, 5.41) is 3.73. The summed E-state index contributed by atoms with van der Waals surface area (Å²) in [6, 6.07) is 15.5. The lowest BCUT2D eigenvalue weighted by Crippen LogP contribution is -2.36. The van der Waals surface area contributed by atoms with Crippen LogP contribution < -0.4 is 16.0 Å². The van der Waals surface area contributed by atoms with Crippen LogP contribution in [0.15, 0.2) is 48.5 Å². The van der Waals surface area contributed by atoms with Crippen LogP contribution in [-0.4, -0.2) is 37.1 Å². The van der Waals surface area contributed by atoms with Crippen molar-refractivity contribution < 1.29 is 8.42 Å². The second-order valence-electron chi connectivity index (χ2n) is 6.24. The Morgan fingerprint density at radius 3 is 2.21 bits per heavy atom. The van der Waals surface area contributed by atoms with Gasteiger partial charge in [-0.05, 0) is 47.6 Å². The molecule has 0 unspecified atom stereocenters. The fourth-order valence-electron chi connectivity index (χ4n) is 3.40. The van der Waals surface area contributed by atoms with Gasteiger partial charge in [-0.15, -0.1) is 0 Å². The van der Waals surface area contributed by atoms with Crippen molar-refractivity contribution in [3.63, 3.8) is 0 Å². The van der Waals surface area contributed by atoms with Gasteiger partial charge in [-0.2, -0.15) is 0 Å². The number of benzene rings is 2. The molecule has 0 aliphatic carbocycles. The lowest BCUT2D eigenvalue weighted by molar-refractivity contribution is 0.600. The van der Waals surface area contributed by atoms with Crippen LogP contribution >= 0.6 is 12.2 Å². The maximum absolute atomic E-state index is 11.9. The number of nitrogens with two attached hydrogens (primary N) is 1. The number of hydrogen-bond acceptors (Lipinski definition) is 4. The van der Waals surface area contributed by atoms with Gasteiger partial charge < -0.3 is 16.0 Å². The van der Waals surface area contributed by atoms with Crippen molar-refractivity contribution in [2.45, 2.75) is 12.1 Å². The molecule has 2 heterocycles. The third-order valence-corrected chi connectivity index (χ3v) is 6.60. The molecule has 24 heavy (non-hydrogen) atoms. The van der Waals surface area contributed by atoms with Gasteiger partial charge in [-0.1, -0.05) is 24.3 Å². The van der Waals surface area contributed by atoms with Gasteiger partial charge in [0, 0.05) is 11.4 Å². The Balaban J connectivity index is 1.63. The van der Waals surface area contributed by atoms with Crippen molar-refractivity contribution in [3.8, 4) is 11.1 Å². The molecule has 2 aromatic carbocycles. The molecule has 0 saturated carbocycles. The summed E-state index contributed by atoms with van der Waals surface area (Å²) in [7, 11) is -3.00. The second-order valence-corrected chi connectivity index (χ2v) is 8.78. The lowest BCUT2D eigenvalue weighted by atomic mass is 10.0. The third-order valence-electron chi connectivity index (χ3n) is 4.57. The molecule has 2 aromatic rings. The fourth-order valence-corrected chi connectivity index (χ4v) is 5.68. The first kappa shape index (κ1) is 15.4. The number of nitrogens with one attached hydrogen (secondary N) is 1. The zero-order chi connectivity index (χ0) is 16.9. The summed E-state index contributed by atoms with van der Waals surface area (Å²) in [5.41, 5.74) is 9.53. The molecule has 2 atom stereocenters. The second kappa shape index (κ2) is 5.46. The smallest absolute Gasteiger partial charge is 0.174 e. The summed E-state index contributed by atoms with van der Waals surface area (Å²) >= 11 is 5.40. The van der Waals surface area contributed by atoms with Crippen molar-refractivity contribution in [2.75, 3.05) is 22.1 Å². The quantitative estimate of drug-likeness (QED) is 0.629. The topological polar surface area (TPSA) is 75.4 Å². The van der Waals surface area contributed by atoms with Gasteiger partial charge in [-0.25, -0.2) is 8.42 Å². The van der Waals surface area contributed by atoms with Crippen LogP contribution in [0.2, 0.25) is 0 Å². The van der Waals surface area contributed by atoms with Crippen LogP contribution in [0, 0.1) is 0 Å². The zero-order valence-corrected chi connectivity index (χ0v) is 14.5. The standard InChI is InChI=1S/C17H17N3O2S2/c18-13-5-1-11(2-6-13)12-3-7-14(8-4-12)20-16-10-24(21,22)9-15(16)19-17(20)23/h1-8,15-16H,9-10,18H2,(H,19,23)/t15-,16+/m0/s1. The number of nitrogen functional groups attached to an aromatic ring is 1. The molecule has 5 nitrogen and oxygen atoms in total. The highest BCUT2D eigenvalue weighted by Crippen LogP contribution is 2.31. The highest BCUT2D eigenvalue weighted by Gasteiger charge is 2.47. The van der Waals surface area contributed by atoms with E-state index in [9.17, 15) is 8.42 Å². The summed E-state index contributed by atoms with van der Waals surface area (Å²) < 4.78 is 23.7. The van der Waals surface area contributed by atoms with E-state index in [1.165, 1.54) is 0 Å². The fraction of sp³-hybridized carbons (Fsp3) is 0.235. The Bertz CT molecular complexity index is 892. The van der Waals surface area contributed by atoms with Gasteiger partial charge in [0.25, 0.3) is 0 Å². The average molecular weight is 359 g/mol. The number of anilines is 2. The summed E-state index contributed by atoms with van der Waals surface area (Å²) in [5.74, 6) is 0.294. The maximum Gasteiger partial charge on any atom is 0.174 e. The number of nitrogens with zero attached hydrogens (tertiary/aromatic N) is 1.